The van der Waals surface area contributed by atoms with Crippen molar-refractivity contribution in [2.24, 2.45) is 5.11 Å². The molecule has 0 amide bonds. The van der Waals surface area contributed by atoms with Gasteiger partial charge in [0.2, 0.25) is 0 Å². The molecular formula is C10H13N5O5. The van der Waals surface area contributed by atoms with E-state index in [-0.39, 0.29) is 5.56 Å². The van der Waals surface area contributed by atoms with Crippen LogP contribution in [0.2, 0.25) is 0 Å². The lowest BCUT2D eigenvalue weighted by Crippen LogP contribution is -2.37. The van der Waals surface area contributed by atoms with Crippen LogP contribution in [0.25, 0.3) is 10.4 Å². The Balaban J connectivity index is 2.50. The van der Waals surface area contributed by atoms with E-state index < -0.39 is 42.3 Å². The minimum atomic E-state index is -1.25. The van der Waals surface area contributed by atoms with E-state index >= 15 is 0 Å². The smallest absolute Gasteiger partial charge is 0.330 e. The summed E-state index contributed by atoms with van der Waals surface area (Å²) in [6.45, 7) is 0.998. The van der Waals surface area contributed by atoms with E-state index in [4.69, 9.17) is 15.4 Å². The largest absolute Gasteiger partial charge is 0.394 e. The fraction of sp³-hybridized carbons (Fsp3) is 0.600. The lowest BCUT2D eigenvalue weighted by Gasteiger charge is -2.17. The fourth-order valence-electron chi connectivity index (χ4n) is 2.07. The molecule has 2 rings (SSSR count). The molecule has 0 bridgehead atoms. The number of rotatable bonds is 3. The molecule has 0 unspecified atom stereocenters. The highest BCUT2D eigenvalue weighted by atomic mass is 16.5. The van der Waals surface area contributed by atoms with E-state index in [2.05, 4.69) is 15.0 Å². The van der Waals surface area contributed by atoms with E-state index in [1.807, 2.05) is 0 Å². The number of aliphatic hydroxyl groups excluding tert-OH is 2. The zero-order chi connectivity index (χ0) is 14.9. The minimum absolute atomic E-state index is 0.259. The van der Waals surface area contributed by atoms with Gasteiger partial charge in [0.1, 0.15) is 18.4 Å². The summed E-state index contributed by atoms with van der Waals surface area (Å²) in [5.41, 5.74) is 7.49. The van der Waals surface area contributed by atoms with Crippen LogP contribution in [0.15, 0.2) is 20.9 Å². The van der Waals surface area contributed by atoms with Crippen molar-refractivity contribution in [2.45, 2.75) is 31.4 Å². The number of hydrogen-bond acceptors (Lipinski definition) is 6. The second-order valence-electron chi connectivity index (χ2n) is 4.41. The summed E-state index contributed by atoms with van der Waals surface area (Å²) < 4.78 is 6.35. The van der Waals surface area contributed by atoms with Crippen molar-refractivity contribution < 1.29 is 14.9 Å². The molecule has 2 heterocycles. The molecule has 0 radical (unpaired) electrons. The molecule has 0 spiro atoms. The van der Waals surface area contributed by atoms with Gasteiger partial charge >= 0.3 is 5.69 Å². The van der Waals surface area contributed by atoms with Gasteiger partial charge in [-0.1, -0.05) is 5.11 Å². The van der Waals surface area contributed by atoms with Crippen LogP contribution in [0.5, 0.6) is 0 Å². The van der Waals surface area contributed by atoms with Gasteiger partial charge in [-0.15, -0.1) is 0 Å². The maximum atomic E-state index is 11.8. The zero-order valence-corrected chi connectivity index (χ0v) is 10.5. The second kappa shape index (κ2) is 5.47. The van der Waals surface area contributed by atoms with Crippen molar-refractivity contribution in [2.75, 3.05) is 6.61 Å². The van der Waals surface area contributed by atoms with Gasteiger partial charge in [-0.25, -0.2) is 4.79 Å². The number of ether oxygens (including phenoxy) is 1. The summed E-state index contributed by atoms with van der Waals surface area (Å²) in [7, 11) is 0. The number of H-pyrrole nitrogens is 1. The third-order valence-corrected chi connectivity index (χ3v) is 3.12. The molecular weight excluding hydrogens is 270 g/mol. The Bertz CT molecular complexity index is 661. The number of hydrogen-bond donors (Lipinski definition) is 3. The molecule has 10 heteroatoms. The van der Waals surface area contributed by atoms with Gasteiger partial charge in [-0.05, 0) is 12.5 Å². The molecule has 1 fully saturated rings. The predicted octanol–water partition coefficient (Wildman–Crippen LogP) is -1.23. The van der Waals surface area contributed by atoms with Crippen LogP contribution >= 0.6 is 0 Å². The van der Waals surface area contributed by atoms with Crippen LogP contribution in [0.1, 0.15) is 11.8 Å². The molecule has 4 atom stereocenters. The molecule has 20 heavy (non-hydrogen) atoms. The first-order valence-electron chi connectivity index (χ1n) is 5.80. The number of aromatic amines is 1. The molecule has 1 aromatic heterocycles. The van der Waals surface area contributed by atoms with Crippen LogP contribution in [0.4, 0.5) is 0 Å². The van der Waals surface area contributed by atoms with Crippen LogP contribution < -0.4 is 11.2 Å². The molecule has 1 aliphatic heterocycles. The molecule has 0 aliphatic carbocycles. The zero-order valence-electron chi connectivity index (χ0n) is 10.5. The highest BCUT2D eigenvalue weighted by Gasteiger charge is 2.44. The van der Waals surface area contributed by atoms with Gasteiger partial charge in [0.15, 0.2) is 0 Å². The first-order valence-corrected chi connectivity index (χ1v) is 5.80. The molecule has 3 N–H and O–H groups in total. The van der Waals surface area contributed by atoms with Crippen molar-refractivity contribution in [3.63, 3.8) is 0 Å². The second-order valence-corrected chi connectivity index (χ2v) is 4.41. The molecule has 1 saturated heterocycles. The Hall–Kier alpha value is -2.13. The van der Waals surface area contributed by atoms with E-state index in [0.29, 0.717) is 0 Å². The molecule has 0 aromatic carbocycles. The molecule has 0 saturated carbocycles. The quantitative estimate of drug-likeness (QED) is 0.360. The van der Waals surface area contributed by atoms with Crippen molar-refractivity contribution >= 4 is 0 Å². The molecule has 108 valence electrons. The summed E-state index contributed by atoms with van der Waals surface area (Å²) in [6.07, 6.45) is -2.08. The third-order valence-electron chi connectivity index (χ3n) is 3.12. The highest BCUT2D eigenvalue weighted by molar-refractivity contribution is 5.04. The van der Waals surface area contributed by atoms with E-state index in [0.717, 1.165) is 4.57 Å². The predicted molar refractivity (Wildman–Crippen MR) is 66.0 cm³/mol. The van der Waals surface area contributed by atoms with Gasteiger partial charge in [0.05, 0.1) is 12.7 Å². The summed E-state index contributed by atoms with van der Waals surface area (Å²) >= 11 is 0. The monoisotopic (exact) mass is 283 g/mol. The van der Waals surface area contributed by atoms with Crippen molar-refractivity contribution in [3.05, 3.63) is 43.0 Å². The van der Waals surface area contributed by atoms with E-state index in [9.17, 15) is 14.7 Å². The Kier molecular flexibility index (Phi) is 3.91. The lowest BCUT2D eigenvalue weighted by atomic mass is 10.1. The summed E-state index contributed by atoms with van der Waals surface area (Å²) in [5.74, 6) is 0. The first kappa shape index (κ1) is 14.3. The number of nitrogens with one attached hydrogen (secondary N) is 1. The van der Waals surface area contributed by atoms with Gasteiger partial charge in [-0.3, -0.25) is 14.3 Å². The van der Waals surface area contributed by atoms with Crippen LogP contribution in [-0.2, 0) is 4.74 Å². The molecule has 1 aromatic rings. The number of aromatic nitrogens is 2. The molecule has 1 aliphatic rings. The number of aliphatic hydroxyl groups is 2. The minimum Gasteiger partial charge on any atom is -0.394 e. The topological polar surface area (TPSA) is 153 Å². The summed E-state index contributed by atoms with van der Waals surface area (Å²) in [4.78, 5) is 27.8. The van der Waals surface area contributed by atoms with Crippen LogP contribution in [0, 0.1) is 6.92 Å². The maximum absolute atomic E-state index is 11.8. The Morgan fingerprint density at radius 2 is 2.30 bits per heavy atom. The number of nitrogens with zero attached hydrogens (tertiary/aromatic N) is 4. The number of aryl methyl sites for hydroxylation is 1. The average Bonchev–Trinajstić information content (AvgIpc) is 2.72. The SMILES string of the molecule is Cc1cn([C@@H]2O[C@H](CO)[C@@H](O)[C@H]2N=[N+]=[N-])c(=O)[nH]c1=O. The van der Waals surface area contributed by atoms with Gasteiger partial charge in [0.25, 0.3) is 5.56 Å². The van der Waals surface area contributed by atoms with Gasteiger partial charge in [0, 0.05) is 16.7 Å². The molecule has 10 nitrogen and oxygen atoms in total. The standard InChI is InChI=1S/C10H13N5O5/c1-4-2-15(10(19)12-8(4)18)9-6(13-14-11)7(17)5(3-16)20-9/h2,5-7,9,16-17H,3H2,1H3,(H,12,18,19)/t5-,6-,7-,9-/m1/s1. The van der Waals surface area contributed by atoms with E-state index in [1.165, 1.54) is 13.1 Å². The van der Waals surface area contributed by atoms with Crippen LogP contribution in [-0.4, -0.2) is 44.6 Å². The average molecular weight is 283 g/mol. The Labute approximate surface area is 111 Å². The van der Waals surface area contributed by atoms with Crippen LogP contribution in [0.3, 0.4) is 0 Å². The van der Waals surface area contributed by atoms with Gasteiger partial charge in [-0.2, -0.15) is 0 Å². The third kappa shape index (κ3) is 2.32. The van der Waals surface area contributed by atoms with Crippen molar-refractivity contribution in [3.8, 4) is 0 Å². The maximum Gasteiger partial charge on any atom is 0.330 e. The lowest BCUT2D eigenvalue weighted by molar-refractivity contribution is -0.0465. The number of azide groups is 1. The summed E-state index contributed by atoms with van der Waals surface area (Å²) in [6, 6.07) is -1.08. The summed E-state index contributed by atoms with van der Waals surface area (Å²) in [5, 5.41) is 22.4. The van der Waals surface area contributed by atoms with Crippen molar-refractivity contribution in [1.82, 2.24) is 9.55 Å². The Morgan fingerprint density at radius 3 is 2.90 bits per heavy atom. The Morgan fingerprint density at radius 1 is 1.60 bits per heavy atom. The van der Waals surface area contributed by atoms with Crippen molar-refractivity contribution in [1.29, 1.82) is 0 Å². The van der Waals surface area contributed by atoms with E-state index in [1.54, 1.807) is 0 Å². The highest BCUT2D eigenvalue weighted by Crippen LogP contribution is 2.30. The first-order chi connectivity index (χ1) is 9.49. The normalized spacial score (nSPS) is 29.1. The fourth-order valence-corrected chi connectivity index (χ4v) is 2.07. The van der Waals surface area contributed by atoms with Gasteiger partial charge < -0.3 is 14.9 Å².